The highest BCUT2D eigenvalue weighted by molar-refractivity contribution is 8.42. The maximum absolute atomic E-state index is 6.04. The van der Waals surface area contributed by atoms with Crippen LogP contribution in [0.2, 0.25) is 0 Å². The smallest absolute Gasteiger partial charge is 0.0399 e. The van der Waals surface area contributed by atoms with Crippen molar-refractivity contribution in [3.8, 4) is 0 Å². The molecule has 128 valence electrons. The van der Waals surface area contributed by atoms with Gasteiger partial charge in [-0.2, -0.15) is 0 Å². The molecule has 0 spiro atoms. The summed E-state index contributed by atoms with van der Waals surface area (Å²) < 4.78 is 0. The second-order valence-electron chi connectivity index (χ2n) is 6.82. The molecular formula is C21H28P2S. The van der Waals surface area contributed by atoms with Crippen LogP contribution in [-0.2, 0) is 12.2 Å². The Bertz CT molecular complexity index is 554. The molecule has 3 rings (SSSR count). The van der Waals surface area contributed by atoms with Crippen LogP contribution in [0.4, 0.5) is 0 Å². The lowest BCUT2D eigenvalue weighted by Crippen LogP contribution is -2.15. The molecule has 2 aromatic rings. The van der Waals surface area contributed by atoms with E-state index < -0.39 is 6.46 Å². The maximum Gasteiger partial charge on any atom is 0.0399 e. The van der Waals surface area contributed by atoms with Crippen LogP contribution in [0, 0.1) is 0 Å². The van der Waals surface area contributed by atoms with E-state index in [0.29, 0.717) is 0 Å². The van der Waals surface area contributed by atoms with Crippen molar-refractivity contribution in [2.24, 2.45) is 0 Å². The number of benzene rings is 2. The summed E-state index contributed by atoms with van der Waals surface area (Å²) in [5.41, 5.74) is 0. The van der Waals surface area contributed by atoms with Crippen LogP contribution in [0.1, 0.15) is 32.1 Å². The minimum Gasteiger partial charge on any atom is -0.556 e. The third-order valence-corrected chi connectivity index (χ3v) is 12.6. The molecule has 0 unspecified atom stereocenters. The fourth-order valence-electron chi connectivity index (χ4n) is 3.61. The van der Waals surface area contributed by atoms with Crippen molar-refractivity contribution in [1.29, 1.82) is 0 Å². The normalized spacial score (nSPS) is 17.1. The van der Waals surface area contributed by atoms with Gasteiger partial charge in [-0.15, -0.1) is 6.46 Å². The summed E-state index contributed by atoms with van der Waals surface area (Å²) in [7, 11) is -0.218. The van der Waals surface area contributed by atoms with E-state index >= 15 is 0 Å². The molecule has 0 radical (unpaired) electrons. The van der Waals surface area contributed by atoms with Crippen molar-refractivity contribution in [2.45, 2.75) is 32.1 Å². The summed E-state index contributed by atoms with van der Waals surface area (Å²) >= 11 is 6.04. The molecule has 24 heavy (non-hydrogen) atoms. The van der Waals surface area contributed by atoms with Gasteiger partial charge in [0, 0.05) is 18.5 Å². The molecule has 0 aliphatic carbocycles. The fourth-order valence-corrected chi connectivity index (χ4v) is 10.3. The average molecular weight is 374 g/mol. The topological polar surface area (TPSA) is 0 Å². The molecule has 1 aliphatic rings. The third kappa shape index (κ3) is 5.32. The zero-order valence-electron chi connectivity index (χ0n) is 14.4. The van der Waals surface area contributed by atoms with Crippen molar-refractivity contribution in [2.75, 3.05) is 24.6 Å². The van der Waals surface area contributed by atoms with E-state index in [1.807, 2.05) is 0 Å². The van der Waals surface area contributed by atoms with E-state index in [0.717, 1.165) is 0 Å². The molecule has 0 atom stereocenters. The molecule has 1 heterocycles. The molecule has 3 heteroatoms. The average Bonchev–Trinajstić information content (AvgIpc) is 2.64. The Morgan fingerprint density at radius 1 is 0.750 bits per heavy atom. The van der Waals surface area contributed by atoms with Gasteiger partial charge < -0.3 is 12.2 Å². The number of hydrogen-bond donors (Lipinski definition) is 0. The first-order chi connectivity index (χ1) is 11.8. The van der Waals surface area contributed by atoms with Crippen LogP contribution in [0.25, 0.3) is 0 Å². The van der Waals surface area contributed by atoms with Crippen molar-refractivity contribution >= 4 is 37.2 Å². The van der Waals surface area contributed by atoms with E-state index in [-0.39, 0.29) is 7.92 Å². The van der Waals surface area contributed by atoms with Crippen molar-refractivity contribution in [1.82, 2.24) is 0 Å². The highest BCUT2D eigenvalue weighted by Crippen LogP contribution is 2.60. The fraction of sp³-hybridized carbons (Fsp3) is 0.429. The summed E-state index contributed by atoms with van der Waals surface area (Å²) in [4.78, 5) is 0. The first-order valence-electron chi connectivity index (χ1n) is 9.22. The van der Waals surface area contributed by atoms with Gasteiger partial charge in [-0.1, -0.05) is 60.7 Å². The van der Waals surface area contributed by atoms with Crippen molar-refractivity contribution < 1.29 is 0 Å². The first kappa shape index (κ1) is 18.4. The van der Waals surface area contributed by atoms with E-state index in [9.17, 15) is 0 Å². The largest absolute Gasteiger partial charge is 0.556 e. The lowest BCUT2D eigenvalue weighted by molar-refractivity contribution is 0.745. The first-order valence-corrected chi connectivity index (χ1v) is 14.1. The Morgan fingerprint density at radius 2 is 1.29 bits per heavy atom. The Hall–Kier alpha value is -0.350. The molecule has 0 N–H and O–H groups in total. The van der Waals surface area contributed by atoms with Gasteiger partial charge in [-0.25, -0.2) is 0 Å². The van der Waals surface area contributed by atoms with Gasteiger partial charge in [0.1, 0.15) is 0 Å². The monoisotopic (exact) mass is 374 g/mol. The lowest BCUT2D eigenvalue weighted by atomic mass is 10.3. The predicted octanol–water partition coefficient (Wildman–Crippen LogP) is 5.56. The summed E-state index contributed by atoms with van der Waals surface area (Å²) in [6.45, 7) is -0.977. The van der Waals surface area contributed by atoms with Crippen LogP contribution in [0.3, 0.4) is 0 Å². The Labute approximate surface area is 154 Å². The minimum absolute atomic E-state index is 0.218. The van der Waals surface area contributed by atoms with Gasteiger partial charge in [-0.3, -0.25) is 0 Å². The summed E-state index contributed by atoms with van der Waals surface area (Å²) in [6.07, 6.45) is 12.3. The van der Waals surface area contributed by atoms with Crippen LogP contribution in [0.15, 0.2) is 60.7 Å². The standard InChI is InChI=1S/C21H28P2S/c24-23(17-9-3-10-18-23)19-11-8-16-22(20-12-4-1-5-13-20)21-14-6-2-7-15-21/h1-2,4-7,12-15H,3,8-11,16-19H2. The molecule has 0 amide bonds. The zero-order chi connectivity index (χ0) is 16.7. The molecule has 0 nitrogen and oxygen atoms in total. The molecule has 1 aliphatic heterocycles. The van der Waals surface area contributed by atoms with Gasteiger partial charge in [-0.05, 0) is 56.8 Å². The predicted molar refractivity (Wildman–Crippen MR) is 116 cm³/mol. The Kier molecular flexibility index (Phi) is 7.20. The molecule has 1 fully saturated rings. The third-order valence-electron chi connectivity index (χ3n) is 4.96. The summed E-state index contributed by atoms with van der Waals surface area (Å²) in [5, 5.41) is 3.03. The van der Waals surface area contributed by atoms with E-state index in [4.69, 9.17) is 12.2 Å². The van der Waals surface area contributed by atoms with Gasteiger partial charge in [0.2, 0.25) is 0 Å². The molecule has 0 bridgehead atoms. The van der Waals surface area contributed by atoms with Gasteiger partial charge in [0.15, 0.2) is 0 Å². The van der Waals surface area contributed by atoms with Crippen LogP contribution >= 0.6 is 14.4 Å². The minimum atomic E-state index is -0.977. The van der Waals surface area contributed by atoms with Crippen molar-refractivity contribution in [3.05, 3.63) is 60.7 Å². The second kappa shape index (κ2) is 9.38. The van der Waals surface area contributed by atoms with Gasteiger partial charge in [0.25, 0.3) is 0 Å². The Morgan fingerprint density at radius 3 is 1.83 bits per heavy atom. The number of unbranched alkanes of at least 4 members (excludes halogenated alkanes) is 1. The zero-order valence-corrected chi connectivity index (χ0v) is 17.0. The van der Waals surface area contributed by atoms with Gasteiger partial charge in [0.05, 0.1) is 0 Å². The SMILES string of the molecule is [S-][P+]1(CCCCP(c2ccccc2)c2ccccc2)CCCCC1. The summed E-state index contributed by atoms with van der Waals surface area (Å²) in [6, 6.07) is 22.2. The van der Waals surface area contributed by atoms with Crippen molar-refractivity contribution in [3.63, 3.8) is 0 Å². The molecular weight excluding hydrogens is 346 g/mol. The molecule has 2 aromatic carbocycles. The van der Waals surface area contributed by atoms with Crippen LogP contribution in [-0.4, -0.2) is 24.6 Å². The second-order valence-corrected chi connectivity index (χ2v) is 14.9. The summed E-state index contributed by atoms with van der Waals surface area (Å²) in [5.74, 6) is 0. The van der Waals surface area contributed by atoms with E-state index in [1.54, 1.807) is 0 Å². The maximum atomic E-state index is 6.04. The molecule has 0 saturated carbocycles. The lowest BCUT2D eigenvalue weighted by Gasteiger charge is -2.36. The van der Waals surface area contributed by atoms with Crippen LogP contribution in [0.5, 0.6) is 0 Å². The van der Waals surface area contributed by atoms with E-state index in [2.05, 4.69) is 60.7 Å². The highest BCUT2D eigenvalue weighted by Gasteiger charge is 2.25. The molecule has 1 saturated heterocycles. The number of rotatable bonds is 7. The number of hydrogen-bond acceptors (Lipinski definition) is 1. The quantitative estimate of drug-likeness (QED) is 0.347. The Balaban J connectivity index is 1.59. The highest BCUT2D eigenvalue weighted by atomic mass is 32.7. The van der Waals surface area contributed by atoms with Gasteiger partial charge >= 0.3 is 0 Å². The van der Waals surface area contributed by atoms with E-state index in [1.165, 1.54) is 67.4 Å². The van der Waals surface area contributed by atoms with Crippen LogP contribution < -0.4 is 10.6 Å². The molecule has 0 aromatic heterocycles.